The fourth-order valence-electron chi connectivity index (χ4n) is 2.44. The van der Waals surface area contributed by atoms with E-state index in [1.54, 1.807) is 33.5 Å². The highest BCUT2D eigenvalue weighted by atomic mass is 16.5. The van der Waals surface area contributed by atoms with E-state index in [0.29, 0.717) is 29.5 Å². The second-order valence-corrected chi connectivity index (χ2v) is 5.37. The lowest BCUT2D eigenvalue weighted by molar-refractivity contribution is 0.252. The van der Waals surface area contributed by atoms with E-state index in [-0.39, 0.29) is 6.03 Å². The van der Waals surface area contributed by atoms with E-state index in [0.717, 1.165) is 18.4 Å². The molecule has 134 valence electrons. The summed E-state index contributed by atoms with van der Waals surface area (Å²) in [7, 11) is 4.80. The fourth-order valence-corrected chi connectivity index (χ4v) is 2.44. The fraction of sp³-hybridized carbons (Fsp3) is 0.316. The van der Waals surface area contributed by atoms with Crippen LogP contribution in [0, 0.1) is 0 Å². The molecular weight excluding hydrogens is 320 g/mol. The van der Waals surface area contributed by atoms with Gasteiger partial charge in [0.15, 0.2) is 11.5 Å². The third kappa shape index (κ3) is 5.31. The van der Waals surface area contributed by atoms with Crippen molar-refractivity contribution in [1.82, 2.24) is 5.32 Å². The molecule has 0 aliphatic carbocycles. The van der Waals surface area contributed by atoms with Crippen LogP contribution in [0.15, 0.2) is 42.5 Å². The SMILES string of the molecule is COc1ccccc1NC(=O)NCCCc1ccc(OC)c(OC)c1. The number of nitrogens with one attached hydrogen (secondary N) is 2. The predicted octanol–water partition coefficient (Wildman–Crippen LogP) is 3.47. The first-order valence-corrected chi connectivity index (χ1v) is 8.06. The topological polar surface area (TPSA) is 68.8 Å². The molecule has 0 saturated heterocycles. The summed E-state index contributed by atoms with van der Waals surface area (Å²) in [5.74, 6) is 2.05. The van der Waals surface area contributed by atoms with Gasteiger partial charge in [0.2, 0.25) is 0 Å². The van der Waals surface area contributed by atoms with Crippen LogP contribution >= 0.6 is 0 Å². The first-order valence-electron chi connectivity index (χ1n) is 8.06. The van der Waals surface area contributed by atoms with E-state index in [2.05, 4.69) is 10.6 Å². The Kier molecular flexibility index (Phi) is 6.95. The standard InChI is InChI=1S/C19H24N2O4/c1-23-16-9-5-4-8-15(16)21-19(22)20-12-6-7-14-10-11-17(24-2)18(13-14)25-3/h4-5,8-11,13H,6-7,12H2,1-3H3,(H2,20,21,22). The van der Waals surface area contributed by atoms with Crippen molar-refractivity contribution in [3.05, 3.63) is 48.0 Å². The zero-order valence-electron chi connectivity index (χ0n) is 14.8. The Bertz CT molecular complexity index is 704. The number of carbonyl (C=O) groups is 1. The Morgan fingerprint density at radius 3 is 2.36 bits per heavy atom. The number of rotatable bonds is 8. The quantitative estimate of drug-likeness (QED) is 0.720. The van der Waals surface area contributed by atoms with Crippen LogP contribution in [-0.4, -0.2) is 33.9 Å². The zero-order valence-corrected chi connectivity index (χ0v) is 14.8. The summed E-state index contributed by atoms with van der Waals surface area (Å²) in [6, 6.07) is 12.9. The first kappa shape index (κ1) is 18.4. The molecule has 0 fully saturated rings. The van der Waals surface area contributed by atoms with Crippen molar-refractivity contribution in [1.29, 1.82) is 0 Å². The van der Waals surface area contributed by atoms with Gasteiger partial charge in [-0.25, -0.2) is 4.79 Å². The van der Waals surface area contributed by atoms with Crippen molar-refractivity contribution in [2.24, 2.45) is 0 Å². The number of hydrogen-bond acceptors (Lipinski definition) is 4. The zero-order chi connectivity index (χ0) is 18.1. The molecule has 6 heteroatoms. The Balaban J connectivity index is 1.78. The van der Waals surface area contributed by atoms with Gasteiger partial charge < -0.3 is 24.8 Å². The van der Waals surface area contributed by atoms with E-state index >= 15 is 0 Å². The number of para-hydroxylation sites is 2. The van der Waals surface area contributed by atoms with Gasteiger partial charge in [-0.2, -0.15) is 0 Å². The summed E-state index contributed by atoms with van der Waals surface area (Å²) in [6.07, 6.45) is 1.64. The highest BCUT2D eigenvalue weighted by molar-refractivity contribution is 5.90. The molecule has 2 aromatic carbocycles. The Morgan fingerprint density at radius 1 is 0.920 bits per heavy atom. The minimum Gasteiger partial charge on any atom is -0.495 e. The monoisotopic (exact) mass is 344 g/mol. The molecule has 0 bridgehead atoms. The maximum Gasteiger partial charge on any atom is 0.319 e. The van der Waals surface area contributed by atoms with E-state index in [4.69, 9.17) is 14.2 Å². The highest BCUT2D eigenvalue weighted by Crippen LogP contribution is 2.28. The molecule has 2 N–H and O–H groups in total. The maximum absolute atomic E-state index is 12.0. The van der Waals surface area contributed by atoms with Gasteiger partial charge in [0.05, 0.1) is 27.0 Å². The summed E-state index contributed by atoms with van der Waals surface area (Å²) in [5, 5.41) is 5.62. The molecule has 2 aromatic rings. The number of urea groups is 1. The van der Waals surface area contributed by atoms with Crippen LogP contribution in [0.4, 0.5) is 10.5 Å². The van der Waals surface area contributed by atoms with E-state index in [1.165, 1.54) is 0 Å². The number of carbonyl (C=O) groups excluding carboxylic acids is 1. The normalized spacial score (nSPS) is 10.0. The van der Waals surface area contributed by atoms with E-state index in [1.807, 2.05) is 30.3 Å². The lowest BCUT2D eigenvalue weighted by Crippen LogP contribution is -2.29. The number of hydrogen-bond donors (Lipinski definition) is 2. The van der Waals surface area contributed by atoms with Gasteiger partial charge in [0.1, 0.15) is 5.75 Å². The number of ether oxygens (including phenoxy) is 3. The number of methoxy groups -OCH3 is 3. The van der Waals surface area contributed by atoms with Gasteiger partial charge in [-0.05, 0) is 42.7 Å². The lowest BCUT2D eigenvalue weighted by Gasteiger charge is -2.11. The molecule has 0 aromatic heterocycles. The molecule has 0 atom stereocenters. The lowest BCUT2D eigenvalue weighted by atomic mass is 10.1. The minimum absolute atomic E-state index is 0.253. The summed E-state index contributed by atoms with van der Waals surface area (Å²) in [6.45, 7) is 0.565. The van der Waals surface area contributed by atoms with Crippen LogP contribution in [0.25, 0.3) is 0 Å². The molecular formula is C19H24N2O4. The van der Waals surface area contributed by atoms with E-state index in [9.17, 15) is 4.79 Å². The van der Waals surface area contributed by atoms with Gasteiger partial charge >= 0.3 is 6.03 Å². The molecule has 2 amide bonds. The maximum atomic E-state index is 12.0. The minimum atomic E-state index is -0.253. The summed E-state index contributed by atoms with van der Waals surface area (Å²) >= 11 is 0. The first-order chi connectivity index (χ1) is 12.2. The van der Waals surface area contributed by atoms with Crippen molar-refractivity contribution in [3.8, 4) is 17.2 Å². The molecule has 25 heavy (non-hydrogen) atoms. The molecule has 0 saturated carbocycles. The Morgan fingerprint density at radius 2 is 1.64 bits per heavy atom. The molecule has 6 nitrogen and oxygen atoms in total. The van der Waals surface area contributed by atoms with Crippen LogP contribution in [0.2, 0.25) is 0 Å². The largest absolute Gasteiger partial charge is 0.495 e. The van der Waals surface area contributed by atoms with Crippen LogP contribution in [0.5, 0.6) is 17.2 Å². The second kappa shape index (κ2) is 9.42. The summed E-state index contributed by atoms with van der Waals surface area (Å²) < 4.78 is 15.7. The molecule has 0 heterocycles. The third-order valence-corrected chi connectivity index (χ3v) is 3.73. The number of aryl methyl sites for hydroxylation is 1. The van der Waals surface area contributed by atoms with Crippen molar-refractivity contribution in [2.45, 2.75) is 12.8 Å². The third-order valence-electron chi connectivity index (χ3n) is 3.73. The predicted molar refractivity (Wildman–Crippen MR) is 97.9 cm³/mol. The van der Waals surface area contributed by atoms with E-state index < -0.39 is 0 Å². The molecule has 0 unspecified atom stereocenters. The summed E-state index contributed by atoms with van der Waals surface area (Å²) in [4.78, 5) is 12.0. The van der Waals surface area contributed by atoms with Gasteiger partial charge in [0.25, 0.3) is 0 Å². The van der Waals surface area contributed by atoms with Crippen LogP contribution < -0.4 is 24.8 Å². The molecule has 0 aliphatic rings. The van der Waals surface area contributed by atoms with Gasteiger partial charge in [-0.15, -0.1) is 0 Å². The Labute approximate surface area is 148 Å². The van der Waals surface area contributed by atoms with Gasteiger partial charge in [-0.3, -0.25) is 0 Å². The Hall–Kier alpha value is -2.89. The van der Waals surface area contributed by atoms with Gasteiger partial charge in [-0.1, -0.05) is 18.2 Å². The van der Waals surface area contributed by atoms with Crippen LogP contribution in [0.1, 0.15) is 12.0 Å². The summed E-state index contributed by atoms with van der Waals surface area (Å²) in [5.41, 5.74) is 1.77. The molecule has 0 aliphatic heterocycles. The van der Waals surface area contributed by atoms with Crippen molar-refractivity contribution in [2.75, 3.05) is 33.2 Å². The van der Waals surface area contributed by atoms with Gasteiger partial charge in [0, 0.05) is 6.54 Å². The molecule has 0 spiro atoms. The average molecular weight is 344 g/mol. The van der Waals surface area contributed by atoms with Crippen LogP contribution in [0.3, 0.4) is 0 Å². The molecule has 0 radical (unpaired) electrons. The molecule has 2 rings (SSSR count). The smallest absolute Gasteiger partial charge is 0.319 e. The number of anilines is 1. The van der Waals surface area contributed by atoms with Crippen LogP contribution in [-0.2, 0) is 6.42 Å². The number of amides is 2. The van der Waals surface area contributed by atoms with Crippen molar-refractivity contribution >= 4 is 11.7 Å². The van der Waals surface area contributed by atoms with Crippen molar-refractivity contribution < 1.29 is 19.0 Å². The average Bonchev–Trinajstić information content (AvgIpc) is 2.65. The number of benzene rings is 2. The second-order valence-electron chi connectivity index (χ2n) is 5.37. The highest BCUT2D eigenvalue weighted by Gasteiger charge is 2.07. The van der Waals surface area contributed by atoms with Crippen molar-refractivity contribution in [3.63, 3.8) is 0 Å².